The molecule has 0 radical (unpaired) electrons. The normalized spacial score (nSPS) is 22.2. The van der Waals surface area contributed by atoms with Crippen molar-refractivity contribution in [1.29, 1.82) is 0 Å². The molecule has 25 heteroatoms. The highest BCUT2D eigenvalue weighted by Gasteiger charge is 2.41. The first-order valence-electron chi connectivity index (χ1n) is 23.7. The number of H-pyrrole nitrogens is 1. The number of phenols is 1. The number of carbonyl (C=O) groups is 11. The Kier molecular flexibility index (Phi) is 20.3. The fourth-order valence-electron chi connectivity index (χ4n) is 7.99. The van der Waals surface area contributed by atoms with E-state index in [-0.39, 0.29) is 38.0 Å². The van der Waals surface area contributed by atoms with Crippen molar-refractivity contribution in [3.05, 3.63) is 83.9 Å². The number of fused-ring (bicyclic) bond motifs is 1. The lowest BCUT2D eigenvalue weighted by atomic mass is 10.0. The Hall–Kier alpha value is -8.38. The molecular formula is C48H62N12O13. The average molecular weight is 1020 g/mol. The van der Waals surface area contributed by atoms with Gasteiger partial charge in [0.25, 0.3) is 0 Å². The number of aromatic amines is 1. The third kappa shape index (κ3) is 17.2. The third-order valence-corrected chi connectivity index (χ3v) is 12.0. The number of nitrogens with one attached hydrogen (secondary N) is 10. The van der Waals surface area contributed by atoms with Crippen LogP contribution in [0.4, 0.5) is 0 Å². The highest BCUT2D eigenvalue weighted by Crippen LogP contribution is 2.22. The number of aromatic hydroxyl groups is 1. The summed E-state index contributed by atoms with van der Waals surface area (Å²) in [7, 11) is 0. The van der Waals surface area contributed by atoms with E-state index < -0.39 is 146 Å². The van der Waals surface area contributed by atoms with Crippen molar-refractivity contribution in [2.75, 3.05) is 26.2 Å². The molecule has 73 heavy (non-hydrogen) atoms. The fraction of sp³-hybridized carbons (Fsp3) is 0.458. The van der Waals surface area contributed by atoms with E-state index in [1.165, 1.54) is 48.6 Å². The van der Waals surface area contributed by atoms with Gasteiger partial charge >= 0.3 is 5.97 Å². The molecule has 10 amide bonds. The van der Waals surface area contributed by atoms with Crippen LogP contribution in [0.25, 0.3) is 0 Å². The second kappa shape index (κ2) is 26.7. The Morgan fingerprint density at radius 2 is 1.37 bits per heavy atom. The standard InChI is InChI=1S/C48H62N12O13/c1-26(2)41-47(71)60-17-7-10-36(60)46(70)56-32(43(67)57-33(18-29-11-13-31(61)14-12-29)44(68)58-35(48(72)73)19-28-8-5-4-6-9-28)15-16-37(62)50-22-38(63)51-23-39(64)54-27(3)42(66)52-24-40(65)55-34(45(69)59-41)20-30-21-49-25-53-30/h4-6,8-9,11-14,21,25-27,32-36,41,61H,7,10,15-20,22-24H2,1-3H3,(H,49,53)(H,50,62)(H,51,63)(H,52,66)(H,54,64)(H,55,65)(H,56,70)(H,57,67)(H,58,68)(H,59,69)(H,72,73)/t27-,32-,33-,34-,35-,36-,41-/m0/s1. The zero-order chi connectivity index (χ0) is 53.2. The number of hydrogen-bond acceptors (Lipinski definition) is 13. The van der Waals surface area contributed by atoms with E-state index in [4.69, 9.17) is 0 Å². The quantitative estimate of drug-likeness (QED) is 0.0858. The van der Waals surface area contributed by atoms with Crippen LogP contribution in [0.15, 0.2) is 67.1 Å². The van der Waals surface area contributed by atoms with E-state index in [1.54, 1.807) is 44.2 Å². The lowest BCUT2D eigenvalue weighted by Crippen LogP contribution is -2.60. The number of aromatic nitrogens is 2. The number of aliphatic carboxylic acids is 1. The molecule has 12 N–H and O–H groups in total. The molecule has 3 heterocycles. The summed E-state index contributed by atoms with van der Waals surface area (Å²) in [5, 5.41) is 42.4. The molecule has 392 valence electrons. The molecule has 0 unspecified atom stereocenters. The van der Waals surface area contributed by atoms with Crippen LogP contribution < -0.4 is 47.9 Å². The minimum absolute atomic E-state index is 0.0623. The van der Waals surface area contributed by atoms with Crippen molar-refractivity contribution in [2.24, 2.45) is 5.92 Å². The number of carboxylic acids is 1. The van der Waals surface area contributed by atoms with Gasteiger partial charge in [-0.05, 0) is 55.4 Å². The van der Waals surface area contributed by atoms with Crippen molar-refractivity contribution in [3.63, 3.8) is 0 Å². The van der Waals surface area contributed by atoms with Gasteiger partial charge in [-0.2, -0.15) is 0 Å². The lowest BCUT2D eigenvalue weighted by Gasteiger charge is -2.32. The number of imidazole rings is 1. The van der Waals surface area contributed by atoms with Gasteiger partial charge in [0.2, 0.25) is 59.1 Å². The minimum Gasteiger partial charge on any atom is -0.508 e. The molecule has 2 saturated heterocycles. The van der Waals surface area contributed by atoms with Crippen molar-refractivity contribution < 1.29 is 63.0 Å². The van der Waals surface area contributed by atoms with Crippen LogP contribution in [-0.4, -0.2) is 159 Å². The first kappa shape index (κ1) is 55.5. The van der Waals surface area contributed by atoms with Crippen molar-refractivity contribution >= 4 is 65.0 Å². The van der Waals surface area contributed by atoms with Crippen LogP contribution in [-0.2, 0) is 72.0 Å². The molecule has 25 nitrogen and oxygen atoms in total. The summed E-state index contributed by atoms with van der Waals surface area (Å²) in [5.41, 5.74) is 1.47. The van der Waals surface area contributed by atoms with E-state index in [2.05, 4.69) is 57.8 Å². The lowest BCUT2D eigenvalue weighted by molar-refractivity contribution is -0.143. The molecule has 3 aromatic rings. The number of rotatable bonds is 12. The maximum Gasteiger partial charge on any atom is 0.326 e. The van der Waals surface area contributed by atoms with E-state index in [0.717, 1.165) is 0 Å². The molecule has 0 aliphatic carbocycles. The number of benzene rings is 2. The summed E-state index contributed by atoms with van der Waals surface area (Å²) in [6.45, 7) is 2.85. The number of nitrogens with zero attached hydrogens (tertiary/aromatic N) is 2. The first-order chi connectivity index (χ1) is 34.8. The SMILES string of the molecule is CC(C)[C@@H]1NC(=O)[C@H](Cc2cnc[nH]2)NC(=O)CNC(=O)[C@H](C)NC(=O)CNC(=O)CNC(=O)CC[C@@H](C(=O)N[C@@H](Cc2ccc(O)cc2)C(=O)N[C@@H](Cc2ccccc2)C(=O)O)NC(=O)[C@@H]2CCCN2C1=O. The van der Waals surface area contributed by atoms with Gasteiger partial charge in [0, 0.05) is 44.1 Å². The van der Waals surface area contributed by atoms with Crippen LogP contribution in [0, 0.1) is 5.92 Å². The Bertz CT molecular complexity index is 2470. The molecule has 5 rings (SSSR count). The van der Waals surface area contributed by atoms with E-state index in [1.807, 2.05) is 0 Å². The van der Waals surface area contributed by atoms with Gasteiger partial charge < -0.3 is 67.9 Å². The Morgan fingerprint density at radius 3 is 2.04 bits per heavy atom. The summed E-state index contributed by atoms with van der Waals surface area (Å²) in [5.74, 6) is -10.2. The van der Waals surface area contributed by atoms with Gasteiger partial charge in [-0.3, -0.25) is 47.9 Å². The largest absolute Gasteiger partial charge is 0.508 e. The summed E-state index contributed by atoms with van der Waals surface area (Å²) < 4.78 is 0. The summed E-state index contributed by atoms with van der Waals surface area (Å²) in [6, 6.07) is 4.68. The molecule has 1 aromatic heterocycles. The summed E-state index contributed by atoms with van der Waals surface area (Å²) >= 11 is 0. The molecule has 2 fully saturated rings. The summed E-state index contributed by atoms with van der Waals surface area (Å²) in [6.07, 6.45) is 1.85. The van der Waals surface area contributed by atoms with Gasteiger partial charge in [-0.15, -0.1) is 0 Å². The Balaban J connectivity index is 1.43. The fourth-order valence-corrected chi connectivity index (χ4v) is 7.99. The predicted octanol–water partition coefficient (Wildman–Crippen LogP) is -3.05. The topological polar surface area (TPSA) is 368 Å². The van der Waals surface area contributed by atoms with Gasteiger partial charge in [0.15, 0.2) is 0 Å². The highest BCUT2D eigenvalue weighted by molar-refractivity contribution is 5.98. The number of hydrogen-bond donors (Lipinski definition) is 12. The predicted molar refractivity (Wildman–Crippen MR) is 257 cm³/mol. The van der Waals surface area contributed by atoms with Gasteiger partial charge in [0.1, 0.15) is 48.0 Å². The zero-order valence-electron chi connectivity index (χ0n) is 40.5. The molecule has 0 saturated carbocycles. The molecule has 2 aliphatic heterocycles. The highest BCUT2D eigenvalue weighted by atomic mass is 16.4. The average Bonchev–Trinajstić information content (AvgIpc) is 4.08. The maximum absolute atomic E-state index is 14.4. The van der Waals surface area contributed by atoms with Crippen molar-refractivity contribution in [2.45, 2.75) is 108 Å². The number of carboxylic acid groups (broad SMARTS) is 1. The second-order valence-corrected chi connectivity index (χ2v) is 18.0. The summed E-state index contributed by atoms with van der Waals surface area (Å²) in [4.78, 5) is 156. The monoisotopic (exact) mass is 1010 g/mol. The van der Waals surface area contributed by atoms with Gasteiger partial charge in [-0.1, -0.05) is 56.3 Å². The molecule has 7 atom stereocenters. The zero-order valence-corrected chi connectivity index (χ0v) is 40.5. The Morgan fingerprint density at radius 1 is 0.726 bits per heavy atom. The van der Waals surface area contributed by atoms with Gasteiger partial charge in [0.05, 0.1) is 26.0 Å². The van der Waals surface area contributed by atoms with Gasteiger partial charge in [-0.25, -0.2) is 9.78 Å². The molecule has 2 aliphatic rings. The van der Waals surface area contributed by atoms with E-state index >= 15 is 0 Å². The number of phenolic OH excluding ortho intramolecular Hbond substituents is 1. The van der Waals surface area contributed by atoms with E-state index in [0.29, 0.717) is 23.2 Å². The maximum atomic E-state index is 14.4. The van der Waals surface area contributed by atoms with Crippen molar-refractivity contribution in [1.82, 2.24) is 62.7 Å². The molecule has 2 aromatic carbocycles. The minimum atomic E-state index is -1.59. The molecular weight excluding hydrogens is 953 g/mol. The second-order valence-electron chi connectivity index (χ2n) is 18.0. The van der Waals surface area contributed by atoms with Crippen LogP contribution >= 0.6 is 0 Å². The van der Waals surface area contributed by atoms with Crippen LogP contribution in [0.2, 0.25) is 0 Å². The molecule has 0 spiro atoms. The van der Waals surface area contributed by atoms with Crippen molar-refractivity contribution in [3.8, 4) is 5.75 Å². The first-order valence-corrected chi connectivity index (χ1v) is 23.7. The number of carbonyl (C=O) groups excluding carboxylic acids is 10. The Labute approximate surface area is 419 Å². The smallest absolute Gasteiger partial charge is 0.326 e. The number of amides is 10. The van der Waals surface area contributed by atoms with Crippen LogP contribution in [0.3, 0.4) is 0 Å². The van der Waals surface area contributed by atoms with Crippen LogP contribution in [0.5, 0.6) is 5.75 Å². The van der Waals surface area contributed by atoms with E-state index in [9.17, 15) is 63.0 Å². The molecule has 0 bridgehead atoms. The third-order valence-electron chi connectivity index (χ3n) is 12.0. The van der Waals surface area contributed by atoms with Crippen LogP contribution in [0.1, 0.15) is 63.3 Å².